The van der Waals surface area contributed by atoms with E-state index in [0.717, 1.165) is 18.2 Å². The van der Waals surface area contributed by atoms with Gasteiger partial charge < -0.3 is 14.8 Å². The van der Waals surface area contributed by atoms with Gasteiger partial charge in [0.25, 0.3) is 5.56 Å². The fourth-order valence-corrected chi connectivity index (χ4v) is 1.37. The highest BCUT2D eigenvalue weighted by Gasteiger charge is 2.31. The van der Waals surface area contributed by atoms with Crippen LogP contribution >= 0.6 is 0 Å². The summed E-state index contributed by atoms with van der Waals surface area (Å²) in [5.41, 5.74) is -0.629. The van der Waals surface area contributed by atoms with E-state index in [9.17, 15) is 18.0 Å². The van der Waals surface area contributed by atoms with Gasteiger partial charge in [-0.05, 0) is 18.2 Å². The SMILES string of the molecule is O=c1[nH]c2cc(OC(F)(F)F)ccc2cc1O. The number of aromatic hydroxyl groups is 1. The molecule has 1 heterocycles. The molecule has 0 unspecified atom stereocenters. The molecule has 0 bridgehead atoms. The normalized spacial score (nSPS) is 11.7. The van der Waals surface area contributed by atoms with Gasteiger partial charge in [0, 0.05) is 11.5 Å². The molecule has 90 valence electrons. The van der Waals surface area contributed by atoms with E-state index < -0.39 is 23.4 Å². The molecular weight excluding hydrogens is 239 g/mol. The Labute approximate surface area is 92.3 Å². The first kappa shape index (κ1) is 11.3. The van der Waals surface area contributed by atoms with Gasteiger partial charge in [0.2, 0.25) is 0 Å². The standard InChI is InChI=1S/C10H6F3NO3/c11-10(12,13)17-6-2-1-5-3-8(15)9(16)14-7(5)4-6/h1-4,15H,(H,14,16). The molecule has 17 heavy (non-hydrogen) atoms. The number of aromatic amines is 1. The van der Waals surface area contributed by atoms with Gasteiger partial charge in [0.15, 0.2) is 5.75 Å². The highest BCUT2D eigenvalue weighted by Crippen LogP contribution is 2.25. The van der Waals surface area contributed by atoms with Crippen LogP contribution in [0.25, 0.3) is 10.9 Å². The van der Waals surface area contributed by atoms with E-state index in [4.69, 9.17) is 5.11 Å². The number of hydrogen-bond donors (Lipinski definition) is 2. The lowest BCUT2D eigenvalue weighted by Crippen LogP contribution is -2.17. The molecular formula is C10H6F3NO3. The van der Waals surface area contributed by atoms with Gasteiger partial charge in [-0.25, -0.2) is 0 Å². The van der Waals surface area contributed by atoms with Crippen molar-refractivity contribution < 1.29 is 23.0 Å². The molecule has 2 rings (SSSR count). The topological polar surface area (TPSA) is 62.3 Å². The Morgan fingerprint density at radius 2 is 1.94 bits per heavy atom. The quantitative estimate of drug-likeness (QED) is 0.809. The predicted octanol–water partition coefficient (Wildman–Crippen LogP) is 2.13. The lowest BCUT2D eigenvalue weighted by atomic mass is 10.2. The molecule has 0 aliphatic heterocycles. The summed E-state index contributed by atoms with van der Waals surface area (Å²) in [6, 6.07) is 4.58. The second-order valence-electron chi connectivity index (χ2n) is 3.28. The van der Waals surface area contributed by atoms with Crippen molar-refractivity contribution in [2.45, 2.75) is 6.36 Å². The summed E-state index contributed by atoms with van der Waals surface area (Å²) < 4.78 is 39.5. The summed E-state index contributed by atoms with van der Waals surface area (Å²) in [6.45, 7) is 0. The fraction of sp³-hybridized carbons (Fsp3) is 0.100. The van der Waals surface area contributed by atoms with E-state index in [2.05, 4.69) is 9.72 Å². The van der Waals surface area contributed by atoms with Crippen LogP contribution < -0.4 is 10.3 Å². The van der Waals surface area contributed by atoms with Crippen LogP contribution in [0.1, 0.15) is 0 Å². The zero-order valence-electron chi connectivity index (χ0n) is 8.21. The Morgan fingerprint density at radius 1 is 1.24 bits per heavy atom. The third-order valence-electron chi connectivity index (χ3n) is 2.03. The minimum absolute atomic E-state index is 0.148. The van der Waals surface area contributed by atoms with Gasteiger partial charge in [0.1, 0.15) is 5.75 Å². The lowest BCUT2D eigenvalue weighted by Gasteiger charge is -2.09. The average Bonchev–Trinajstić information content (AvgIpc) is 2.18. The van der Waals surface area contributed by atoms with E-state index in [1.807, 2.05) is 0 Å². The lowest BCUT2D eigenvalue weighted by molar-refractivity contribution is -0.274. The number of nitrogens with one attached hydrogen (secondary N) is 1. The number of alkyl halides is 3. The Kier molecular flexibility index (Phi) is 2.45. The summed E-state index contributed by atoms with van der Waals surface area (Å²) in [5, 5.41) is 9.52. The van der Waals surface area contributed by atoms with Crippen LogP contribution in [0, 0.1) is 0 Å². The second-order valence-corrected chi connectivity index (χ2v) is 3.28. The van der Waals surface area contributed by atoms with Crippen molar-refractivity contribution in [3.8, 4) is 11.5 Å². The van der Waals surface area contributed by atoms with E-state index in [0.29, 0.717) is 5.39 Å². The number of rotatable bonds is 1. The highest BCUT2D eigenvalue weighted by atomic mass is 19.4. The molecule has 4 nitrogen and oxygen atoms in total. The monoisotopic (exact) mass is 245 g/mol. The Balaban J connectivity index is 2.51. The molecule has 0 aliphatic rings. The molecule has 0 atom stereocenters. The van der Waals surface area contributed by atoms with Gasteiger partial charge in [-0.1, -0.05) is 0 Å². The largest absolute Gasteiger partial charge is 0.573 e. The Hall–Kier alpha value is -2.18. The Bertz CT molecular complexity index is 618. The molecule has 0 saturated heterocycles. The molecule has 0 amide bonds. The Morgan fingerprint density at radius 3 is 2.59 bits per heavy atom. The number of hydrogen-bond acceptors (Lipinski definition) is 3. The van der Waals surface area contributed by atoms with Crippen LogP contribution in [-0.4, -0.2) is 16.5 Å². The first-order chi connectivity index (χ1) is 7.85. The first-order valence-corrected chi connectivity index (χ1v) is 4.47. The van der Waals surface area contributed by atoms with Crippen molar-refractivity contribution in [1.82, 2.24) is 4.98 Å². The van der Waals surface area contributed by atoms with Crippen LogP contribution in [-0.2, 0) is 0 Å². The molecule has 0 aliphatic carbocycles. The zero-order chi connectivity index (χ0) is 12.6. The van der Waals surface area contributed by atoms with Gasteiger partial charge in [-0.2, -0.15) is 0 Å². The minimum atomic E-state index is -4.79. The summed E-state index contributed by atoms with van der Waals surface area (Å²) in [7, 11) is 0. The van der Waals surface area contributed by atoms with Crippen LogP contribution in [0.5, 0.6) is 11.5 Å². The molecule has 0 radical (unpaired) electrons. The van der Waals surface area contributed by atoms with Gasteiger partial charge in [-0.3, -0.25) is 4.79 Å². The number of aromatic nitrogens is 1. The van der Waals surface area contributed by atoms with Crippen molar-refractivity contribution in [3.63, 3.8) is 0 Å². The predicted molar refractivity (Wildman–Crippen MR) is 52.9 cm³/mol. The third-order valence-corrected chi connectivity index (χ3v) is 2.03. The van der Waals surface area contributed by atoms with Crippen molar-refractivity contribution in [2.75, 3.05) is 0 Å². The van der Waals surface area contributed by atoms with Crippen molar-refractivity contribution >= 4 is 10.9 Å². The fourth-order valence-electron chi connectivity index (χ4n) is 1.37. The van der Waals surface area contributed by atoms with Crippen LogP contribution in [0.3, 0.4) is 0 Å². The van der Waals surface area contributed by atoms with Crippen molar-refractivity contribution in [2.24, 2.45) is 0 Å². The molecule has 1 aromatic heterocycles. The van der Waals surface area contributed by atoms with E-state index in [-0.39, 0.29) is 5.52 Å². The molecule has 0 spiro atoms. The van der Waals surface area contributed by atoms with Gasteiger partial charge >= 0.3 is 6.36 Å². The molecule has 0 saturated carbocycles. The molecule has 2 N–H and O–H groups in total. The van der Waals surface area contributed by atoms with Crippen LogP contribution in [0.4, 0.5) is 13.2 Å². The number of benzene rings is 1. The molecule has 2 aromatic rings. The minimum Gasteiger partial charge on any atom is -0.503 e. The summed E-state index contributed by atoms with van der Waals surface area (Å²) in [5.74, 6) is -0.937. The smallest absolute Gasteiger partial charge is 0.503 e. The van der Waals surface area contributed by atoms with Gasteiger partial charge in [-0.15, -0.1) is 13.2 Å². The van der Waals surface area contributed by atoms with Gasteiger partial charge in [0.05, 0.1) is 5.52 Å². The first-order valence-electron chi connectivity index (χ1n) is 4.47. The third kappa shape index (κ3) is 2.49. The number of H-pyrrole nitrogens is 1. The molecule has 0 fully saturated rings. The summed E-state index contributed by atoms with van der Waals surface area (Å²) in [4.78, 5) is 13.3. The van der Waals surface area contributed by atoms with Crippen LogP contribution in [0.2, 0.25) is 0 Å². The van der Waals surface area contributed by atoms with Crippen LogP contribution in [0.15, 0.2) is 29.1 Å². The van der Waals surface area contributed by atoms with E-state index >= 15 is 0 Å². The maximum atomic E-state index is 12.0. The highest BCUT2D eigenvalue weighted by molar-refractivity contribution is 5.80. The molecule has 1 aromatic carbocycles. The summed E-state index contributed by atoms with van der Waals surface area (Å²) in [6.07, 6.45) is -4.79. The van der Waals surface area contributed by atoms with E-state index in [1.54, 1.807) is 0 Å². The maximum Gasteiger partial charge on any atom is 0.573 e. The number of halogens is 3. The summed E-state index contributed by atoms with van der Waals surface area (Å²) >= 11 is 0. The van der Waals surface area contributed by atoms with E-state index in [1.165, 1.54) is 6.07 Å². The number of pyridine rings is 1. The zero-order valence-corrected chi connectivity index (χ0v) is 8.21. The second kappa shape index (κ2) is 3.69. The molecule has 7 heteroatoms. The number of fused-ring (bicyclic) bond motifs is 1. The average molecular weight is 245 g/mol. The maximum absolute atomic E-state index is 12.0. The number of ether oxygens (including phenoxy) is 1. The van der Waals surface area contributed by atoms with Crippen molar-refractivity contribution in [3.05, 3.63) is 34.6 Å². The van der Waals surface area contributed by atoms with Crippen molar-refractivity contribution in [1.29, 1.82) is 0 Å².